The number of likely N-dealkylation sites (tertiary alicyclic amines) is 1. The molecule has 1 fully saturated rings. The molecule has 3 nitrogen and oxygen atoms in total. The fourth-order valence-electron chi connectivity index (χ4n) is 2.07. The van der Waals surface area contributed by atoms with Crippen LogP contribution in [0.2, 0.25) is 0 Å². The molecule has 0 spiro atoms. The summed E-state index contributed by atoms with van der Waals surface area (Å²) in [7, 11) is 0. The largest absolute Gasteiger partial charge is 0.377 e. The lowest BCUT2D eigenvalue weighted by Crippen LogP contribution is -2.42. The van der Waals surface area contributed by atoms with Crippen LogP contribution in [0.25, 0.3) is 0 Å². The van der Waals surface area contributed by atoms with Gasteiger partial charge in [-0.25, -0.2) is 0 Å². The SMILES string of the molecule is CCOC1CCCN(CC(C)CN)C1. The Morgan fingerprint density at radius 3 is 3.00 bits per heavy atom. The van der Waals surface area contributed by atoms with E-state index < -0.39 is 0 Å². The van der Waals surface area contributed by atoms with Gasteiger partial charge in [-0.2, -0.15) is 0 Å². The van der Waals surface area contributed by atoms with Crippen molar-refractivity contribution in [2.24, 2.45) is 11.7 Å². The molecule has 2 N–H and O–H groups in total. The molecule has 0 aromatic carbocycles. The third-order valence-electron chi connectivity index (χ3n) is 2.84. The molecule has 0 amide bonds. The topological polar surface area (TPSA) is 38.5 Å². The Hall–Kier alpha value is -0.120. The molecule has 3 heteroatoms. The minimum absolute atomic E-state index is 0.457. The van der Waals surface area contributed by atoms with E-state index in [0.29, 0.717) is 12.0 Å². The normalized spacial score (nSPS) is 26.4. The molecule has 1 saturated heterocycles. The highest BCUT2D eigenvalue weighted by Gasteiger charge is 2.20. The summed E-state index contributed by atoms with van der Waals surface area (Å²) in [6.45, 7) is 9.35. The number of rotatable bonds is 5. The Morgan fingerprint density at radius 1 is 1.57 bits per heavy atom. The lowest BCUT2D eigenvalue weighted by Gasteiger charge is -2.33. The number of hydrogen-bond donors (Lipinski definition) is 1. The molecule has 84 valence electrons. The van der Waals surface area contributed by atoms with E-state index in [9.17, 15) is 0 Å². The maximum atomic E-state index is 5.66. The summed E-state index contributed by atoms with van der Waals surface area (Å²) in [6, 6.07) is 0. The monoisotopic (exact) mass is 200 g/mol. The first-order chi connectivity index (χ1) is 6.76. The quantitative estimate of drug-likeness (QED) is 0.722. The molecule has 0 saturated carbocycles. The van der Waals surface area contributed by atoms with Crippen LogP contribution >= 0.6 is 0 Å². The second-order valence-corrected chi connectivity index (χ2v) is 4.32. The number of nitrogens with two attached hydrogens (primary N) is 1. The van der Waals surface area contributed by atoms with E-state index in [1.54, 1.807) is 0 Å². The van der Waals surface area contributed by atoms with Gasteiger partial charge in [-0.3, -0.25) is 0 Å². The highest BCUT2D eigenvalue weighted by molar-refractivity contribution is 4.74. The number of hydrogen-bond acceptors (Lipinski definition) is 3. The highest BCUT2D eigenvalue weighted by Crippen LogP contribution is 2.14. The molecule has 0 aromatic heterocycles. The van der Waals surface area contributed by atoms with Gasteiger partial charge in [0, 0.05) is 19.7 Å². The summed E-state index contributed by atoms with van der Waals surface area (Å²) in [4.78, 5) is 2.49. The minimum atomic E-state index is 0.457. The first-order valence-electron chi connectivity index (χ1n) is 5.80. The van der Waals surface area contributed by atoms with Gasteiger partial charge in [0.15, 0.2) is 0 Å². The fourth-order valence-corrected chi connectivity index (χ4v) is 2.07. The summed E-state index contributed by atoms with van der Waals surface area (Å²) in [5.41, 5.74) is 5.62. The molecule has 2 unspecified atom stereocenters. The fraction of sp³-hybridized carbons (Fsp3) is 1.00. The van der Waals surface area contributed by atoms with Crippen molar-refractivity contribution in [2.45, 2.75) is 32.8 Å². The molecule has 1 aliphatic heterocycles. The van der Waals surface area contributed by atoms with Crippen molar-refractivity contribution in [3.05, 3.63) is 0 Å². The van der Waals surface area contributed by atoms with E-state index in [-0.39, 0.29) is 0 Å². The van der Waals surface area contributed by atoms with Crippen LogP contribution in [0.1, 0.15) is 26.7 Å². The lowest BCUT2D eigenvalue weighted by atomic mass is 10.1. The highest BCUT2D eigenvalue weighted by atomic mass is 16.5. The van der Waals surface area contributed by atoms with Crippen molar-refractivity contribution in [1.29, 1.82) is 0 Å². The Bertz CT molecular complexity index is 150. The number of piperidine rings is 1. The van der Waals surface area contributed by atoms with Crippen molar-refractivity contribution < 1.29 is 4.74 Å². The second kappa shape index (κ2) is 6.38. The molecule has 1 heterocycles. The van der Waals surface area contributed by atoms with Crippen LogP contribution in [0.4, 0.5) is 0 Å². The van der Waals surface area contributed by atoms with Crippen molar-refractivity contribution in [2.75, 3.05) is 32.8 Å². The van der Waals surface area contributed by atoms with Gasteiger partial charge >= 0.3 is 0 Å². The van der Waals surface area contributed by atoms with E-state index in [0.717, 1.165) is 26.2 Å². The average molecular weight is 200 g/mol. The summed E-state index contributed by atoms with van der Waals surface area (Å²) in [5, 5.41) is 0. The van der Waals surface area contributed by atoms with Crippen LogP contribution in [-0.4, -0.2) is 43.8 Å². The summed E-state index contributed by atoms with van der Waals surface area (Å²) in [5.74, 6) is 0.607. The zero-order chi connectivity index (χ0) is 10.4. The maximum absolute atomic E-state index is 5.66. The molecule has 0 bridgehead atoms. The molecule has 0 aliphatic carbocycles. The van der Waals surface area contributed by atoms with Crippen LogP contribution < -0.4 is 5.73 Å². The third kappa shape index (κ3) is 3.95. The van der Waals surface area contributed by atoms with Crippen molar-refractivity contribution in [1.82, 2.24) is 4.90 Å². The molecular formula is C11H24N2O. The zero-order valence-corrected chi connectivity index (χ0v) is 9.54. The summed E-state index contributed by atoms with van der Waals surface area (Å²) >= 11 is 0. The van der Waals surface area contributed by atoms with E-state index >= 15 is 0 Å². The lowest BCUT2D eigenvalue weighted by molar-refractivity contribution is 0.00278. The van der Waals surface area contributed by atoms with Gasteiger partial charge in [-0.15, -0.1) is 0 Å². The third-order valence-corrected chi connectivity index (χ3v) is 2.84. The van der Waals surface area contributed by atoms with Crippen LogP contribution in [0.5, 0.6) is 0 Å². The Kier molecular flexibility index (Phi) is 5.45. The number of nitrogens with zero attached hydrogens (tertiary/aromatic N) is 1. The molecule has 1 rings (SSSR count). The zero-order valence-electron chi connectivity index (χ0n) is 9.54. The minimum Gasteiger partial charge on any atom is -0.377 e. The van der Waals surface area contributed by atoms with Gasteiger partial charge in [0.1, 0.15) is 0 Å². The second-order valence-electron chi connectivity index (χ2n) is 4.32. The molecule has 0 radical (unpaired) electrons. The molecule has 14 heavy (non-hydrogen) atoms. The molecule has 1 aliphatic rings. The van der Waals surface area contributed by atoms with Gasteiger partial charge in [0.2, 0.25) is 0 Å². The first-order valence-corrected chi connectivity index (χ1v) is 5.80. The van der Waals surface area contributed by atoms with Crippen molar-refractivity contribution in [3.8, 4) is 0 Å². The smallest absolute Gasteiger partial charge is 0.0702 e. The average Bonchev–Trinajstić information content (AvgIpc) is 2.19. The van der Waals surface area contributed by atoms with Gasteiger partial charge in [-0.05, 0) is 38.8 Å². The predicted octanol–water partition coefficient (Wildman–Crippen LogP) is 1.08. The Balaban J connectivity index is 2.25. The Labute approximate surface area is 87.6 Å². The van der Waals surface area contributed by atoms with E-state index in [2.05, 4.69) is 18.7 Å². The summed E-state index contributed by atoms with van der Waals surface area (Å²) < 4.78 is 5.66. The van der Waals surface area contributed by atoms with E-state index in [1.807, 2.05) is 0 Å². The molecule has 0 aromatic rings. The number of ether oxygens (including phenoxy) is 1. The molecular weight excluding hydrogens is 176 g/mol. The summed E-state index contributed by atoms with van der Waals surface area (Å²) in [6.07, 6.45) is 2.95. The first kappa shape index (κ1) is 12.0. The van der Waals surface area contributed by atoms with Crippen LogP contribution in [-0.2, 0) is 4.74 Å². The van der Waals surface area contributed by atoms with Crippen LogP contribution in [0, 0.1) is 5.92 Å². The molecule has 2 atom stereocenters. The van der Waals surface area contributed by atoms with Crippen LogP contribution in [0.3, 0.4) is 0 Å². The maximum Gasteiger partial charge on any atom is 0.0702 e. The predicted molar refractivity (Wildman–Crippen MR) is 59.3 cm³/mol. The Morgan fingerprint density at radius 2 is 2.36 bits per heavy atom. The van der Waals surface area contributed by atoms with Crippen LogP contribution in [0.15, 0.2) is 0 Å². The van der Waals surface area contributed by atoms with Gasteiger partial charge < -0.3 is 15.4 Å². The standard InChI is InChI=1S/C11H24N2O/c1-3-14-11-5-4-6-13(9-11)8-10(2)7-12/h10-11H,3-9,12H2,1-2H3. The van der Waals surface area contributed by atoms with Gasteiger partial charge in [0.25, 0.3) is 0 Å². The van der Waals surface area contributed by atoms with E-state index in [1.165, 1.54) is 19.4 Å². The van der Waals surface area contributed by atoms with Gasteiger partial charge in [0.05, 0.1) is 6.10 Å². The van der Waals surface area contributed by atoms with Crippen molar-refractivity contribution >= 4 is 0 Å². The van der Waals surface area contributed by atoms with Crippen molar-refractivity contribution in [3.63, 3.8) is 0 Å². The van der Waals surface area contributed by atoms with E-state index in [4.69, 9.17) is 10.5 Å². The van der Waals surface area contributed by atoms with Gasteiger partial charge in [-0.1, -0.05) is 6.92 Å².